The first kappa shape index (κ1) is 9.78. The Morgan fingerprint density at radius 2 is 2.36 bits per heavy atom. The quantitative estimate of drug-likeness (QED) is 0.781. The molecule has 0 aromatic carbocycles. The predicted octanol–water partition coefficient (Wildman–Crippen LogP) is 2.74. The lowest BCUT2D eigenvalue weighted by molar-refractivity contribution is 0.319. The van der Waals surface area contributed by atoms with E-state index in [0.29, 0.717) is 0 Å². The molecule has 1 atom stereocenters. The van der Waals surface area contributed by atoms with Gasteiger partial charge in [0.15, 0.2) is 0 Å². The molecule has 2 rings (SSSR count). The molecule has 1 aliphatic rings. The Kier molecular flexibility index (Phi) is 2.92. The fourth-order valence-electron chi connectivity index (χ4n) is 2.24. The zero-order valence-corrected chi connectivity index (χ0v) is 8.88. The maximum Gasteiger partial charge on any atom is 0.105 e. The molecule has 1 fully saturated rings. The van der Waals surface area contributed by atoms with E-state index in [0.717, 1.165) is 18.7 Å². The molecule has 0 spiro atoms. The van der Waals surface area contributed by atoms with Crippen LogP contribution in [-0.2, 0) is 6.42 Å². The second-order valence-corrected chi connectivity index (χ2v) is 4.55. The Labute approximate surface area is 85.7 Å². The van der Waals surface area contributed by atoms with Crippen LogP contribution in [0.2, 0.25) is 0 Å². The van der Waals surface area contributed by atoms with E-state index in [4.69, 9.17) is 4.42 Å². The average molecular weight is 193 g/mol. The van der Waals surface area contributed by atoms with Crippen molar-refractivity contribution in [1.82, 2.24) is 5.32 Å². The molecule has 1 unspecified atom stereocenters. The van der Waals surface area contributed by atoms with Gasteiger partial charge in [0.05, 0.1) is 6.26 Å². The maximum absolute atomic E-state index is 5.40. The molecule has 2 heterocycles. The number of hydrogen-bond donors (Lipinski definition) is 1. The molecule has 14 heavy (non-hydrogen) atoms. The lowest BCUT2D eigenvalue weighted by Crippen LogP contribution is -2.43. The molecule has 1 aromatic rings. The first-order valence-electron chi connectivity index (χ1n) is 5.56. The van der Waals surface area contributed by atoms with Crippen LogP contribution in [0, 0.1) is 0 Å². The van der Waals surface area contributed by atoms with Crippen molar-refractivity contribution in [2.24, 2.45) is 0 Å². The van der Waals surface area contributed by atoms with Gasteiger partial charge < -0.3 is 9.73 Å². The van der Waals surface area contributed by atoms with Crippen molar-refractivity contribution in [3.63, 3.8) is 0 Å². The first-order valence-corrected chi connectivity index (χ1v) is 5.56. The van der Waals surface area contributed by atoms with Gasteiger partial charge in [-0.25, -0.2) is 0 Å². The second-order valence-electron chi connectivity index (χ2n) is 4.55. The van der Waals surface area contributed by atoms with Gasteiger partial charge in [0.1, 0.15) is 5.76 Å². The van der Waals surface area contributed by atoms with Crippen LogP contribution in [0.3, 0.4) is 0 Å². The third-order valence-electron chi connectivity index (χ3n) is 3.10. The van der Waals surface area contributed by atoms with Gasteiger partial charge in [0.2, 0.25) is 0 Å². The molecular formula is C12H19NO. The van der Waals surface area contributed by atoms with Crippen LogP contribution in [0.1, 0.15) is 38.4 Å². The Hall–Kier alpha value is -0.760. The lowest BCUT2D eigenvalue weighted by Gasteiger charge is -2.28. The van der Waals surface area contributed by atoms with Crippen molar-refractivity contribution < 1.29 is 4.42 Å². The minimum atomic E-state index is 0.244. The van der Waals surface area contributed by atoms with Gasteiger partial charge in [-0.1, -0.05) is 12.8 Å². The summed E-state index contributed by atoms with van der Waals surface area (Å²) < 4.78 is 5.40. The van der Waals surface area contributed by atoms with Gasteiger partial charge >= 0.3 is 0 Å². The molecule has 0 amide bonds. The van der Waals surface area contributed by atoms with E-state index >= 15 is 0 Å². The van der Waals surface area contributed by atoms with E-state index in [-0.39, 0.29) is 5.54 Å². The molecule has 2 heteroatoms. The fraction of sp³-hybridized carbons (Fsp3) is 0.667. The van der Waals surface area contributed by atoms with Gasteiger partial charge in [0, 0.05) is 12.0 Å². The first-order chi connectivity index (χ1) is 6.79. The highest BCUT2D eigenvalue weighted by Gasteiger charge is 2.26. The summed E-state index contributed by atoms with van der Waals surface area (Å²) >= 11 is 0. The van der Waals surface area contributed by atoms with E-state index < -0.39 is 0 Å². The summed E-state index contributed by atoms with van der Waals surface area (Å²) in [5, 5.41) is 3.64. The smallest absolute Gasteiger partial charge is 0.105 e. The zero-order chi connectivity index (χ0) is 9.86. The van der Waals surface area contributed by atoms with Crippen LogP contribution in [0.15, 0.2) is 22.8 Å². The van der Waals surface area contributed by atoms with Gasteiger partial charge in [-0.3, -0.25) is 0 Å². The molecule has 1 saturated heterocycles. The van der Waals surface area contributed by atoms with E-state index in [1.165, 1.54) is 25.7 Å². The largest absolute Gasteiger partial charge is 0.469 e. The second kappa shape index (κ2) is 4.18. The lowest BCUT2D eigenvalue weighted by atomic mass is 9.91. The van der Waals surface area contributed by atoms with Gasteiger partial charge in [-0.2, -0.15) is 0 Å². The van der Waals surface area contributed by atoms with E-state index in [1.54, 1.807) is 6.26 Å². The fourth-order valence-corrected chi connectivity index (χ4v) is 2.24. The monoisotopic (exact) mass is 193 g/mol. The van der Waals surface area contributed by atoms with Crippen LogP contribution in [0.4, 0.5) is 0 Å². The Morgan fingerprint density at radius 1 is 1.43 bits per heavy atom. The third kappa shape index (κ3) is 2.38. The summed E-state index contributed by atoms with van der Waals surface area (Å²) in [7, 11) is 0. The number of nitrogens with one attached hydrogen (secondary N) is 1. The van der Waals surface area contributed by atoms with Crippen LogP contribution in [-0.4, -0.2) is 12.1 Å². The van der Waals surface area contributed by atoms with Crippen molar-refractivity contribution in [2.75, 3.05) is 6.54 Å². The van der Waals surface area contributed by atoms with Crippen molar-refractivity contribution in [3.05, 3.63) is 24.2 Å². The highest BCUT2D eigenvalue weighted by Crippen LogP contribution is 2.23. The van der Waals surface area contributed by atoms with Crippen LogP contribution in [0.25, 0.3) is 0 Å². The summed E-state index contributed by atoms with van der Waals surface area (Å²) in [6.45, 7) is 3.46. The molecule has 1 N–H and O–H groups in total. The highest BCUT2D eigenvalue weighted by molar-refractivity contribution is 5.04. The van der Waals surface area contributed by atoms with Gasteiger partial charge in [-0.05, 0) is 38.4 Å². The van der Waals surface area contributed by atoms with E-state index in [1.807, 2.05) is 6.07 Å². The number of hydrogen-bond acceptors (Lipinski definition) is 2. The van der Waals surface area contributed by atoms with Crippen molar-refractivity contribution in [1.29, 1.82) is 0 Å². The van der Waals surface area contributed by atoms with E-state index in [2.05, 4.69) is 18.3 Å². The van der Waals surface area contributed by atoms with Crippen molar-refractivity contribution in [2.45, 2.75) is 44.6 Å². The Balaban J connectivity index is 1.99. The number of furan rings is 1. The minimum Gasteiger partial charge on any atom is -0.469 e. The molecule has 1 aromatic heterocycles. The van der Waals surface area contributed by atoms with Crippen LogP contribution < -0.4 is 5.32 Å². The number of rotatable bonds is 2. The van der Waals surface area contributed by atoms with Gasteiger partial charge in [0.25, 0.3) is 0 Å². The topological polar surface area (TPSA) is 25.2 Å². The highest BCUT2D eigenvalue weighted by atomic mass is 16.3. The molecule has 0 saturated carbocycles. The van der Waals surface area contributed by atoms with Gasteiger partial charge in [-0.15, -0.1) is 0 Å². The SMILES string of the molecule is CC1(Cc2ccco2)CCCCCN1. The Bertz CT molecular complexity index is 258. The average Bonchev–Trinajstić information content (AvgIpc) is 2.55. The molecule has 1 aliphatic heterocycles. The summed E-state index contributed by atoms with van der Waals surface area (Å²) in [5.41, 5.74) is 0.244. The molecular weight excluding hydrogens is 174 g/mol. The third-order valence-corrected chi connectivity index (χ3v) is 3.10. The predicted molar refractivity (Wildman–Crippen MR) is 57.3 cm³/mol. The molecule has 0 radical (unpaired) electrons. The summed E-state index contributed by atoms with van der Waals surface area (Å²) in [5.74, 6) is 1.10. The van der Waals surface area contributed by atoms with E-state index in [9.17, 15) is 0 Å². The molecule has 0 bridgehead atoms. The zero-order valence-electron chi connectivity index (χ0n) is 8.88. The molecule has 0 aliphatic carbocycles. The minimum absolute atomic E-state index is 0.244. The van der Waals surface area contributed by atoms with Crippen LogP contribution in [0.5, 0.6) is 0 Å². The molecule has 78 valence electrons. The summed E-state index contributed by atoms with van der Waals surface area (Å²) in [6, 6.07) is 4.03. The standard InChI is InChI=1S/C12H19NO/c1-12(7-3-2-4-8-13-12)10-11-6-5-9-14-11/h5-6,9,13H,2-4,7-8,10H2,1H3. The summed E-state index contributed by atoms with van der Waals surface area (Å²) in [6.07, 6.45) is 8.04. The normalized spacial score (nSPS) is 28.6. The van der Waals surface area contributed by atoms with Crippen molar-refractivity contribution >= 4 is 0 Å². The molecule has 2 nitrogen and oxygen atoms in total. The summed E-state index contributed by atoms with van der Waals surface area (Å²) in [4.78, 5) is 0. The van der Waals surface area contributed by atoms with Crippen molar-refractivity contribution in [3.8, 4) is 0 Å². The Morgan fingerprint density at radius 3 is 3.14 bits per heavy atom. The van der Waals surface area contributed by atoms with Crippen LogP contribution >= 0.6 is 0 Å². The maximum atomic E-state index is 5.40.